The maximum atomic E-state index is 5.20. The van der Waals surface area contributed by atoms with E-state index in [4.69, 9.17) is 4.74 Å². The van der Waals surface area contributed by atoms with Crippen molar-refractivity contribution in [2.24, 2.45) is 0 Å². The molecule has 1 aromatic heterocycles. The largest absolute Gasteiger partial charge is 0.497 e. The number of nitrogens with zero attached hydrogens (tertiary/aromatic N) is 2. The molecule has 22 heavy (non-hydrogen) atoms. The molecule has 3 atom stereocenters. The zero-order valence-corrected chi connectivity index (χ0v) is 13.9. The van der Waals surface area contributed by atoms with E-state index >= 15 is 0 Å². The maximum absolute atomic E-state index is 5.20. The molecular formula is C16H19BrN4O. The lowest BCUT2D eigenvalue weighted by Crippen LogP contribution is -2.57. The van der Waals surface area contributed by atoms with E-state index in [0.29, 0.717) is 0 Å². The van der Waals surface area contributed by atoms with E-state index in [9.17, 15) is 0 Å². The lowest BCUT2D eigenvalue weighted by atomic mass is 10.0. The molecule has 0 radical (unpaired) electrons. The van der Waals surface area contributed by atoms with Crippen LogP contribution in [0, 0.1) is 0 Å². The molecule has 1 aromatic carbocycles. The average Bonchev–Trinajstić information content (AvgIpc) is 2.58. The average molecular weight is 363 g/mol. The summed E-state index contributed by atoms with van der Waals surface area (Å²) in [6.45, 7) is 0.815. The van der Waals surface area contributed by atoms with Crippen LogP contribution in [-0.4, -0.2) is 24.8 Å². The molecule has 1 saturated heterocycles. The number of aromatic nitrogens is 1. The molecule has 3 rings (SSSR count). The van der Waals surface area contributed by atoms with Crippen molar-refractivity contribution in [2.75, 3.05) is 13.7 Å². The Balaban J connectivity index is 1.61. The summed E-state index contributed by atoms with van der Waals surface area (Å²) >= 11 is 3.67. The number of halogens is 1. The first-order chi connectivity index (χ1) is 10.8. The van der Waals surface area contributed by atoms with Gasteiger partial charge in [-0.2, -0.15) is 0 Å². The molecule has 1 fully saturated rings. The molecule has 6 heteroatoms. The first-order valence-corrected chi connectivity index (χ1v) is 8.13. The second kappa shape index (κ2) is 7.09. The summed E-state index contributed by atoms with van der Waals surface area (Å²) in [6.07, 6.45) is 3.83. The lowest BCUT2D eigenvalue weighted by Gasteiger charge is -2.40. The Morgan fingerprint density at radius 1 is 1.18 bits per heavy atom. The van der Waals surface area contributed by atoms with Gasteiger partial charge in [0.2, 0.25) is 0 Å². The van der Waals surface area contributed by atoms with Crippen molar-refractivity contribution < 1.29 is 9.41 Å². The van der Waals surface area contributed by atoms with E-state index in [1.165, 1.54) is 5.56 Å². The molecule has 0 aliphatic carbocycles. The van der Waals surface area contributed by atoms with Gasteiger partial charge in [-0.15, -0.1) is 0 Å². The zero-order valence-electron chi connectivity index (χ0n) is 12.3. The first-order valence-electron chi connectivity index (χ1n) is 7.21. The summed E-state index contributed by atoms with van der Waals surface area (Å²) < 4.78 is 7.02. The number of hydrogen-bond acceptors (Lipinski definition) is 3. The van der Waals surface area contributed by atoms with Crippen LogP contribution in [0.3, 0.4) is 0 Å². The minimum Gasteiger partial charge on any atom is -0.497 e. The van der Waals surface area contributed by atoms with E-state index in [1.54, 1.807) is 7.11 Å². The van der Waals surface area contributed by atoms with Crippen LogP contribution in [0.1, 0.15) is 11.6 Å². The van der Waals surface area contributed by atoms with Crippen LogP contribution < -0.4 is 20.0 Å². The Morgan fingerprint density at radius 2 is 1.91 bits per heavy atom. The molecule has 0 spiro atoms. The van der Waals surface area contributed by atoms with Crippen molar-refractivity contribution in [1.29, 1.82) is 0 Å². The van der Waals surface area contributed by atoms with Crippen molar-refractivity contribution in [3.63, 3.8) is 0 Å². The van der Waals surface area contributed by atoms with E-state index in [1.807, 2.05) is 47.4 Å². The van der Waals surface area contributed by atoms with Crippen LogP contribution in [0.5, 0.6) is 5.75 Å². The summed E-state index contributed by atoms with van der Waals surface area (Å²) in [7, 11) is 1.68. The number of rotatable bonds is 4. The number of nitrogens with one attached hydrogen (secondary N) is 2. The third kappa shape index (κ3) is 3.58. The van der Waals surface area contributed by atoms with Crippen molar-refractivity contribution in [3.05, 3.63) is 65.8 Å². The van der Waals surface area contributed by atoms with Gasteiger partial charge >= 0.3 is 0 Å². The van der Waals surface area contributed by atoms with Gasteiger partial charge in [-0.3, -0.25) is 5.32 Å². The van der Waals surface area contributed by atoms with Crippen LogP contribution in [0.25, 0.3) is 5.43 Å². The number of methoxy groups -OCH3 is 1. The van der Waals surface area contributed by atoms with Gasteiger partial charge in [-0.25, -0.2) is 4.68 Å². The Labute approximate surface area is 138 Å². The summed E-state index contributed by atoms with van der Waals surface area (Å²) in [5, 5.41) is 7.01. The fourth-order valence-electron chi connectivity index (χ4n) is 2.44. The number of pyridine rings is 1. The summed E-state index contributed by atoms with van der Waals surface area (Å²) in [5.74, 6) is 0.872. The summed E-state index contributed by atoms with van der Waals surface area (Å²) in [6, 6.07) is 14.3. The SMILES string of the molecule is COc1ccc(C2CNC([N-][n+]3ccccc3)C(Br)N2)cc1. The highest BCUT2D eigenvalue weighted by Gasteiger charge is 2.25. The third-order valence-electron chi connectivity index (χ3n) is 3.64. The van der Waals surface area contributed by atoms with Gasteiger partial charge in [-0.1, -0.05) is 34.1 Å². The van der Waals surface area contributed by atoms with Gasteiger partial charge in [-0.05, 0) is 17.7 Å². The molecule has 1 aliphatic heterocycles. The number of ether oxygens (including phenoxy) is 1. The molecule has 0 bridgehead atoms. The molecular weight excluding hydrogens is 344 g/mol. The Bertz CT molecular complexity index is 593. The monoisotopic (exact) mass is 362 g/mol. The zero-order chi connectivity index (χ0) is 15.4. The Morgan fingerprint density at radius 3 is 2.55 bits per heavy atom. The van der Waals surface area contributed by atoms with Crippen molar-refractivity contribution in [1.82, 2.24) is 10.6 Å². The van der Waals surface area contributed by atoms with Crippen LogP contribution in [0.2, 0.25) is 0 Å². The van der Waals surface area contributed by atoms with Crippen molar-refractivity contribution in [3.8, 4) is 5.75 Å². The van der Waals surface area contributed by atoms with Crippen LogP contribution >= 0.6 is 15.9 Å². The topological polar surface area (TPSA) is 51.3 Å². The highest BCUT2D eigenvalue weighted by atomic mass is 79.9. The van der Waals surface area contributed by atoms with E-state index < -0.39 is 0 Å². The summed E-state index contributed by atoms with van der Waals surface area (Å²) in [5.41, 5.74) is 5.86. The van der Waals surface area contributed by atoms with Crippen molar-refractivity contribution in [2.45, 2.75) is 17.2 Å². The van der Waals surface area contributed by atoms with E-state index in [2.05, 4.69) is 44.1 Å². The molecule has 0 saturated carbocycles. The van der Waals surface area contributed by atoms with Crippen LogP contribution in [-0.2, 0) is 0 Å². The predicted molar refractivity (Wildman–Crippen MR) is 88.8 cm³/mol. The predicted octanol–water partition coefficient (Wildman–Crippen LogP) is 2.10. The van der Waals surface area contributed by atoms with Gasteiger partial charge in [0.15, 0.2) is 12.4 Å². The molecule has 2 heterocycles. The molecule has 2 N–H and O–H groups in total. The smallest absolute Gasteiger partial charge is 0.164 e. The minimum absolute atomic E-state index is 0.0260. The molecule has 116 valence electrons. The standard InChI is InChI=1S/C16H19BrN4O/c1-22-13-7-5-12(6-8-13)14-11-18-16(15(17)19-14)20-21-9-3-2-4-10-21/h2-10,14-16,18-19H,11H2,1H3. The lowest BCUT2D eigenvalue weighted by molar-refractivity contribution is -0.628. The normalized spacial score (nSPS) is 24.7. The number of benzene rings is 1. The second-order valence-electron chi connectivity index (χ2n) is 5.12. The summed E-state index contributed by atoms with van der Waals surface area (Å²) in [4.78, 5) is 0.0565. The van der Waals surface area contributed by atoms with Gasteiger partial charge in [0.1, 0.15) is 5.75 Å². The highest BCUT2D eigenvalue weighted by molar-refractivity contribution is 9.09. The maximum Gasteiger partial charge on any atom is 0.164 e. The minimum atomic E-state index is -0.0260. The molecule has 1 aliphatic rings. The van der Waals surface area contributed by atoms with Gasteiger partial charge in [0.05, 0.1) is 12.1 Å². The Kier molecular flexibility index (Phi) is 4.92. The van der Waals surface area contributed by atoms with Gasteiger partial charge < -0.3 is 15.5 Å². The molecule has 3 unspecified atom stereocenters. The highest BCUT2D eigenvalue weighted by Crippen LogP contribution is 2.23. The number of hydrogen-bond donors (Lipinski definition) is 2. The number of piperazine rings is 1. The van der Waals surface area contributed by atoms with Crippen molar-refractivity contribution >= 4 is 15.9 Å². The van der Waals surface area contributed by atoms with Gasteiger partial charge in [0, 0.05) is 30.9 Å². The number of alkyl halides is 1. The Hall–Kier alpha value is -1.63. The van der Waals surface area contributed by atoms with E-state index in [0.717, 1.165) is 12.3 Å². The fraction of sp³-hybridized carbons (Fsp3) is 0.312. The quantitative estimate of drug-likeness (QED) is 0.497. The molecule has 5 nitrogen and oxygen atoms in total. The molecule has 2 aromatic rings. The van der Waals surface area contributed by atoms with Gasteiger partial charge in [0.25, 0.3) is 0 Å². The van der Waals surface area contributed by atoms with Crippen LogP contribution in [0.15, 0.2) is 54.9 Å². The van der Waals surface area contributed by atoms with Crippen LogP contribution in [0.4, 0.5) is 0 Å². The second-order valence-corrected chi connectivity index (χ2v) is 6.10. The molecule has 0 amide bonds. The third-order valence-corrected chi connectivity index (χ3v) is 4.41. The van der Waals surface area contributed by atoms with E-state index in [-0.39, 0.29) is 17.2 Å². The fourth-order valence-corrected chi connectivity index (χ4v) is 3.06. The first kappa shape index (κ1) is 15.3.